The number of sulfone groups is 1. The van der Waals surface area contributed by atoms with Gasteiger partial charge >= 0.3 is 11.9 Å². The van der Waals surface area contributed by atoms with E-state index in [1.54, 1.807) is 19.1 Å². The third-order valence-electron chi connectivity index (χ3n) is 5.47. The van der Waals surface area contributed by atoms with Gasteiger partial charge in [0.15, 0.2) is 0 Å². The minimum atomic E-state index is -4.57. The van der Waals surface area contributed by atoms with Crippen LogP contribution in [-0.2, 0) is 29.5 Å². The number of rotatable bonds is 8. The quantitative estimate of drug-likeness (QED) is 0.386. The second-order valence-corrected chi connectivity index (χ2v) is 10.2. The highest BCUT2D eigenvalue weighted by molar-refractivity contribution is 7.91. The molecule has 3 aromatic heterocycles. The fourth-order valence-corrected chi connectivity index (χ4v) is 4.73. The first kappa shape index (κ1) is 23.0. The Hall–Kier alpha value is -3.15. The molecule has 0 saturated carbocycles. The van der Waals surface area contributed by atoms with Gasteiger partial charge in [0.05, 0.1) is 40.6 Å². The van der Waals surface area contributed by atoms with Crippen LogP contribution in [0.5, 0.6) is 0 Å². The van der Waals surface area contributed by atoms with E-state index in [1.165, 1.54) is 23.0 Å². The molecule has 0 bridgehead atoms. The molecule has 0 saturated heterocycles. The molecule has 0 amide bonds. The number of nitrogens with zero attached hydrogens (tertiary/aromatic N) is 5. The summed E-state index contributed by atoms with van der Waals surface area (Å²) in [7, 11) is -3.15. The van der Waals surface area contributed by atoms with Crippen molar-refractivity contribution in [2.45, 2.75) is 39.2 Å². The van der Waals surface area contributed by atoms with E-state index in [1.807, 2.05) is 16.7 Å². The van der Waals surface area contributed by atoms with Crippen molar-refractivity contribution >= 4 is 31.9 Å². The molecule has 0 N–H and O–H groups in total. The summed E-state index contributed by atoms with van der Waals surface area (Å²) in [6, 6.07) is 8.61. The Labute approximate surface area is 187 Å². The molecule has 0 radical (unpaired) electrons. The number of alkyl halides is 3. The predicted octanol–water partition coefficient (Wildman–Crippen LogP) is 2.98. The summed E-state index contributed by atoms with van der Waals surface area (Å²) in [6.07, 6.45) is -1.53. The molecule has 8 nitrogen and oxygen atoms in total. The van der Waals surface area contributed by atoms with Crippen molar-refractivity contribution in [2.24, 2.45) is 0 Å². The summed E-state index contributed by atoms with van der Waals surface area (Å²) in [4.78, 5) is 21.5. The standard InChI is InChI=1S/C21H22F3N5O3S/c1-2-33(31,32)11-5-10-27-16-7-4-3-6-15(16)26-19(27)13-28-18-12-25-9-8-17(18)29(20(28)30)14-21(22,23)24/h3-4,6-9,12H,2,5,10-11,13-14H2,1H3. The van der Waals surface area contributed by atoms with Gasteiger partial charge in [-0.05, 0) is 24.6 Å². The maximum atomic E-state index is 13.1. The third-order valence-corrected chi connectivity index (χ3v) is 7.26. The molecule has 0 unspecified atom stereocenters. The number of hydrogen-bond acceptors (Lipinski definition) is 5. The van der Waals surface area contributed by atoms with Gasteiger partial charge in [-0.15, -0.1) is 0 Å². The lowest BCUT2D eigenvalue weighted by atomic mass is 10.3. The van der Waals surface area contributed by atoms with E-state index in [2.05, 4.69) is 9.97 Å². The van der Waals surface area contributed by atoms with Crippen LogP contribution in [0.2, 0.25) is 0 Å². The van der Waals surface area contributed by atoms with Gasteiger partial charge in [-0.25, -0.2) is 18.2 Å². The van der Waals surface area contributed by atoms with Crippen LogP contribution in [0.15, 0.2) is 47.5 Å². The molecule has 176 valence electrons. The highest BCUT2D eigenvalue weighted by atomic mass is 32.2. The van der Waals surface area contributed by atoms with Gasteiger partial charge in [0.2, 0.25) is 0 Å². The fourth-order valence-electron chi connectivity index (χ4n) is 3.88. The predicted molar refractivity (Wildman–Crippen MR) is 118 cm³/mol. The number of hydrogen-bond donors (Lipinski definition) is 0. The molecule has 0 aliphatic heterocycles. The molecule has 0 aliphatic carbocycles. The number of imidazole rings is 2. The zero-order valence-electron chi connectivity index (χ0n) is 17.8. The molecule has 0 aliphatic rings. The second kappa shape index (κ2) is 8.65. The largest absolute Gasteiger partial charge is 0.406 e. The highest BCUT2D eigenvalue weighted by Crippen LogP contribution is 2.22. The normalized spacial score (nSPS) is 12.7. The van der Waals surface area contributed by atoms with Crippen molar-refractivity contribution in [1.82, 2.24) is 23.7 Å². The number of fused-ring (bicyclic) bond motifs is 2. The van der Waals surface area contributed by atoms with Crippen molar-refractivity contribution in [1.29, 1.82) is 0 Å². The Bertz CT molecular complexity index is 1470. The topological polar surface area (TPSA) is 91.8 Å². The zero-order valence-corrected chi connectivity index (χ0v) is 18.6. The minimum absolute atomic E-state index is 0.00417. The maximum absolute atomic E-state index is 13.1. The Balaban J connectivity index is 1.77. The van der Waals surface area contributed by atoms with E-state index in [4.69, 9.17) is 0 Å². The molecule has 1 aromatic carbocycles. The summed E-state index contributed by atoms with van der Waals surface area (Å²) in [5, 5.41) is 0. The van der Waals surface area contributed by atoms with Gasteiger partial charge in [-0.3, -0.25) is 14.1 Å². The lowest BCUT2D eigenvalue weighted by Gasteiger charge is -2.10. The molecule has 4 rings (SSSR count). The van der Waals surface area contributed by atoms with E-state index >= 15 is 0 Å². The van der Waals surface area contributed by atoms with Crippen molar-refractivity contribution < 1.29 is 21.6 Å². The highest BCUT2D eigenvalue weighted by Gasteiger charge is 2.31. The Morgan fingerprint density at radius 3 is 2.48 bits per heavy atom. The van der Waals surface area contributed by atoms with Crippen LogP contribution in [0.3, 0.4) is 0 Å². The molecule has 0 atom stereocenters. The molecule has 33 heavy (non-hydrogen) atoms. The Morgan fingerprint density at radius 1 is 1.00 bits per heavy atom. The molecule has 4 aromatic rings. The first-order chi connectivity index (χ1) is 15.6. The van der Waals surface area contributed by atoms with E-state index in [9.17, 15) is 26.4 Å². The van der Waals surface area contributed by atoms with Crippen molar-refractivity contribution in [2.75, 3.05) is 11.5 Å². The van der Waals surface area contributed by atoms with Gasteiger partial charge < -0.3 is 4.57 Å². The number of aryl methyl sites for hydroxylation is 1. The molecule has 3 heterocycles. The van der Waals surface area contributed by atoms with E-state index in [0.717, 1.165) is 5.52 Å². The summed E-state index contributed by atoms with van der Waals surface area (Å²) < 4.78 is 66.8. The second-order valence-electron chi connectivity index (χ2n) is 7.69. The molecular formula is C21H22F3N5O3S. The van der Waals surface area contributed by atoms with Crippen molar-refractivity contribution in [3.8, 4) is 0 Å². The first-order valence-electron chi connectivity index (χ1n) is 10.3. The van der Waals surface area contributed by atoms with Crippen LogP contribution < -0.4 is 5.69 Å². The average Bonchev–Trinajstić information content (AvgIpc) is 3.23. The first-order valence-corrected chi connectivity index (χ1v) is 12.2. The van der Waals surface area contributed by atoms with Crippen molar-refractivity contribution in [3.63, 3.8) is 0 Å². The lowest BCUT2D eigenvalue weighted by molar-refractivity contribution is -0.140. The monoisotopic (exact) mass is 481 g/mol. The van der Waals surface area contributed by atoms with Crippen LogP contribution in [0, 0.1) is 0 Å². The minimum Gasteiger partial charge on any atom is -0.326 e. The number of halogens is 3. The SMILES string of the molecule is CCS(=O)(=O)CCCn1c(Cn2c(=O)n(CC(F)(F)F)c3ccncc32)nc2ccccc21. The van der Waals surface area contributed by atoms with E-state index in [0.29, 0.717) is 28.9 Å². The van der Waals surface area contributed by atoms with Gasteiger partial charge in [-0.1, -0.05) is 19.1 Å². The summed E-state index contributed by atoms with van der Waals surface area (Å²) in [5.74, 6) is 0.498. The number of para-hydroxylation sites is 2. The molecule has 0 fully saturated rings. The molecular weight excluding hydrogens is 459 g/mol. The number of aromatic nitrogens is 5. The Morgan fingerprint density at radius 2 is 1.76 bits per heavy atom. The summed E-state index contributed by atoms with van der Waals surface area (Å²) >= 11 is 0. The third kappa shape index (κ3) is 4.80. The van der Waals surface area contributed by atoms with Crippen LogP contribution in [-0.4, -0.2) is 49.8 Å². The number of benzene rings is 1. The van der Waals surface area contributed by atoms with Gasteiger partial charge in [0.1, 0.15) is 22.2 Å². The fraction of sp³-hybridized carbons (Fsp3) is 0.381. The smallest absolute Gasteiger partial charge is 0.326 e. The molecule has 0 spiro atoms. The zero-order chi connectivity index (χ0) is 23.8. The lowest BCUT2D eigenvalue weighted by Crippen LogP contribution is -2.30. The summed E-state index contributed by atoms with van der Waals surface area (Å²) in [6.45, 7) is 0.430. The maximum Gasteiger partial charge on any atom is 0.406 e. The summed E-state index contributed by atoms with van der Waals surface area (Å²) in [5.41, 5.74) is 0.980. The van der Waals surface area contributed by atoms with Crippen LogP contribution in [0.4, 0.5) is 13.2 Å². The van der Waals surface area contributed by atoms with Crippen LogP contribution >= 0.6 is 0 Å². The van der Waals surface area contributed by atoms with Crippen LogP contribution in [0.25, 0.3) is 22.1 Å². The van der Waals surface area contributed by atoms with E-state index < -0.39 is 28.2 Å². The van der Waals surface area contributed by atoms with Gasteiger partial charge in [0, 0.05) is 18.5 Å². The Kier molecular flexibility index (Phi) is 6.04. The number of pyridine rings is 1. The van der Waals surface area contributed by atoms with Crippen LogP contribution in [0.1, 0.15) is 19.2 Å². The van der Waals surface area contributed by atoms with E-state index in [-0.39, 0.29) is 29.1 Å². The van der Waals surface area contributed by atoms with Gasteiger partial charge in [-0.2, -0.15) is 13.2 Å². The molecule has 12 heteroatoms. The average molecular weight is 482 g/mol. The van der Waals surface area contributed by atoms with Gasteiger partial charge in [0.25, 0.3) is 0 Å². The van der Waals surface area contributed by atoms with Crippen molar-refractivity contribution in [3.05, 3.63) is 59.0 Å².